The fourth-order valence-electron chi connectivity index (χ4n) is 4.71. The lowest BCUT2D eigenvalue weighted by Gasteiger charge is -2.27. The standard InChI is InChI=1S/C34H29FN2O7/c1-3-40-31-16-22(10-15-29(31)41-19-21-8-11-23(35)12-9-21)33-25-14-13-24(17-30(25)44-34(37)26(33)18-36)43-32(38)20-42-28-7-5-4-6-27(28)39-2/h4-17,33H,3,19-20,37H2,1-2H3. The zero-order valence-electron chi connectivity index (χ0n) is 24.0. The molecule has 4 aromatic carbocycles. The third-order valence-corrected chi connectivity index (χ3v) is 6.75. The topological polar surface area (TPSA) is 122 Å². The van der Waals surface area contributed by atoms with Gasteiger partial charge in [-0.05, 0) is 60.5 Å². The van der Waals surface area contributed by atoms with E-state index in [1.165, 1.54) is 25.3 Å². The molecule has 0 aromatic heterocycles. The summed E-state index contributed by atoms with van der Waals surface area (Å²) in [7, 11) is 1.51. The summed E-state index contributed by atoms with van der Waals surface area (Å²) in [6.07, 6.45) is 0. The summed E-state index contributed by atoms with van der Waals surface area (Å²) in [6, 6.07) is 25.4. The maximum absolute atomic E-state index is 13.3. The van der Waals surface area contributed by atoms with Crippen LogP contribution in [0, 0.1) is 17.1 Å². The molecule has 0 saturated heterocycles. The molecule has 0 bridgehead atoms. The normalized spacial score (nSPS) is 13.6. The molecule has 0 amide bonds. The van der Waals surface area contributed by atoms with Crippen LogP contribution in [-0.2, 0) is 11.4 Å². The highest BCUT2D eigenvalue weighted by atomic mass is 19.1. The zero-order valence-corrected chi connectivity index (χ0v) is 24.0. The monoisotopic (exact) mass is 596 g/mol. The summed E-state index contributed by atoms with van der Waals surface area (Å²) < 4.78 is 47.2. The van der Waals surface area contributed by atoms with Gasteiger partial charge >= 0.3 is 5.97 Å². The van der Waals surface area contributed by atoms with Gasteiger partial charge in [0.25, 0.3) is 0 Å². The molecular weight excluding hydrogens is 567 g/mol. The number of hydrogen-bond donors (Lipinski definition) is 1. The van der Waals surface area contributed by atoms with E-state index in [0.717, 1.165) is 5.56 Å². The summed E-state index contributed by atoms with van der Waals surface area (Å²) in [6.45, 7) is 2.08. The van der Waals surface area contributed by atoms with E-state index in [1.54, 1.807) is 60.7 Å². The predicted molar refractivity (Wildman–Crippen MR) is 158 cm³/mol. The lowest BCUT2D eigenvalue weighted by atomic mass is 9.83. The molecule has 224 valence electrons. The van der Waals surface area contributed by atoms with Crippen molar-refractivity contribution in [3.8, 4) is 40.6 Å². The minimum Gasteiger partial charge on any atom is -0.493 e. The molecule has 5 rings (SSSR count). The minimum atomic E-state index is -0.637. The van der Waals surface area contributed by atoms with Crippen LogP contribution in [-0.4, -0.2) is 26.3 Å². The van der Waals surface area contributed by atoms with Crippen LogP contribution in [0.4, 0.5) is 4.39 Å². The number of carbonyl (C=O) groups is 1. The van der Waals surface area contributed by atoms with Gasteiger partial charge in [0.05, 0.1) is 19.6 Å². The second-order valence-electron chi connectivity index (χ2n) is 9.59. The Hall–Kier alpha value is -5.69. The number of nitrogens with two attached hydrogens (primary N) is 1. The largest absolute Gasteiger partial charge is 0.493 e. The molecule has 1 heterocycles. The summed E-state index contributed by atoms with van der Waals surface area (Å²) in [5, 5.41) is 10.00. The summed E-state index contributed by atoms with van der Waals surface area (Å²) in [5.41, 5.74) is 8.55. The number of carbonyl (C=O) groups excluding carboxylic acids is 1. The summed E-state index contributed by atoms with van der Waals surface area (Å²) in [4.78, 5) is 12.5. The lowest BCUT2D eigenvalue weighted by Crippen LogP contribution is -2.22. The molecule has 0 spiro atoms. The van der Waals surface area contributed by atoms with Crippen LogP contribution in [0.1, 0.15) is 29.5 Å². The van der Waals surface area contributed by atoms with Crippen LogP contribution >= 0.6 is 0 Å². The van der Waals surface area contributed by atoms with E-state index in [1.807, 2.05) is 13.0 Å². The van der Waals surface area contributed by atoms with Crippen LogP contribution in [0.5, 0.6) is 34.5 Å². The van der Waals surface area contributed by atoms with E-state index >= 15 is 0 Å². The van der Waals surface area contributed by atoms with Gasteiger partial charge in [0.1, 0.15) is 35.6 Å². The number of para-hydroxylation sites is 2. The second-order valence-corrected chi connectivity index (χ2v) is 9.59. The van der Waals surface area contributed by atoms with Gasteiger partial charge in [0, 0.05) is 11.6 Å². The van der Waals surface area contributed by atoms with Crippen molar-refractivity contribution in [3.05, 3.63) is 119 Å². The van der Waals surface area contributed by atoms with Gasteiger partial charge in [-0.3, -0.25) is 0 Å². The van der Waals surface area contributed by atoms with Crippen molar-refractivity contribution in [2.45, 2.75) is 19.4 Å². The number of benzene rings is 4. The first-order valence-electron chi connectivity index (χ1n) is 13.7. The molecule has 1 aliphatic heterocycles. The number of ether oxygens (including phenoxy) is 6. The Balaban J connectivity index is 1.36. The van der Waals surface area contributed by atoms with E-state index in [2.05, 4.69) is 6.07 Å². The molecule has 1 aliphatic rings. The van der Waals surface area contributed by atoms with Crippen LogP contribution in [0.15, 0.2) is 96.4 Å². The van der Waals surface area contributed by atoms with Crippen molar-refractivity contribution in [3.63, 3.8) is 0 Å². The molecule has 0 aliphatic carbocycles. The minimum absolute atomic E-state index is 0.0671. The number of methoxy groups -OCH3 is 1. The first-order valence-corrected chi connectivity index (χ1v) is 13.7. The molecule has 10 heteroatoms. The number of allylic oxidation sites excluding steroid dienone is 1. The van der Waals surface area contributed by atoms with E-state index < -0.39 is 11.9 Å². The van der Waals surface area contributed by atoms with Crippen molar-refractivity contribution in [1.82, 2.24) is 0 Å². The smallest absolute Gasteiger partial charge is 0.349 e. The lowest BCUT2D eigenvalue weighted by molar-refractivity contribution is -0.136. The SMILES string of the molecule is CCOc1cc(C2C(C#N)=C(N)Oc3cc(OC(=O)COc4ccccc4OC)ccc32)ccc1OCc1ccc(F)cc1. The Morgan fingerprint density at radius 1 is 0.932 bits per heavy atom. The Labute approximate surface area is 253 Å². The molecule has 1 unspecified atom stereocenters. The Morgan fingerprint density at radius 2 is 1.68 bits per heavy atom. The maximum Gasteiger partial charge on any atom is 0.349 e. The number of nitriles is 1. The Morgan fingerprint density at radius 3 is 2.41 bits per heavy atom. The van der Waals surface area contributed by atoms with Gasteiger partial charge in [-0.15, -0.1) is 0 Å². The third-order valence-electron chi connectivity index (χ3n) is 6.75. The maximum atomic E-state index is 13.3. The fourth-order valence-corrected chi connectivity index (χ4v) is 4.71. The average molecular weight is 597 g/mol. The quantitative estimate of drug-likeness (QED) is 0.164. The highest BCUT2D eigenvalue weighted by Gasteiger charge is 2.32. The van der Waals surface area contributed by atoms with Crippen molar-refractivity contribution in [2.24, 2.45) is 5.73 Å². The van der Waals surface area contributed by atoms with Crippen LogP contribution < -0.4 is 34.2 Å². The number of halogens is 1. The number of nitrogens with zero attached hydrogens (tertiary/aromatic N) is 1. The highest BCUT2D eigenvalue weighted by Crippen LogP contribution is 2.45. The van der Waals surface area contributed by atoms with Crippen molar-refractivity contribution in [1.29, 1.82) is 5.26 Å². The molecule has 1 atom stereocenters. The van der Waals surface area contributed by atoms with E-state index in [0.29, 0.717) is 46.5 Å². The van der Waals surface area contributed by atoms with Crippen molar-refractivity contribution in [2.75, 3.05) is 20.3 Å². The van der Waals surface area contributed by atoms with E-state index in [9.17, 15) is 14.4 Å². The average Bonchev–Trinajstić information content (AvgIpc) is 3.03. The number of fused-ring (bicyclic) bond motifs is 1. The summed E-state index contributed by atoms with van der Waals surface area (Å²) >= 11 is 0. The molecule has 4 aromatic rings. The van der Waals surface area contributed by atoms with Gasteiger partial charge in [0.15, 0.2) is 29.6 Å². The Bertz CT molecular complexity index is 1730. The molecule has 44 heavy (non-hydrogen) atoms. The van der Waals surface area contributed by atoms with E-state index in [-0.39, 0.29) is 36.2 Å². The van der Waals surface area contributed by atoms with E-state index in [4.69, 9.17) is 34.2 Å². The highest BCUT2D eigenvalue weighted by molar-refractivity contribution is 5.74. The van der Waals surface area contributed by atoms with Crippen molar-refractivity contribution < 1.29 is 37.6 Å². The molecule has 0 fully saturated rings. The molecule has 2 N–H and O–H groups in total. The number of rotatable bonds is 11. The van der Waals surface area contributed by atoms with Gasteiger partial charge in [-0.1, -0.05) is 36.4 Å². The fraction of sp³-hybridized carbons (Fsp3) is 0.176. The second kappa shape index (κ2) is 13.5. The van der Waals surface area contributed by atoms with Gasteiger partial charge < -0.3 is 34.2 Å². The predicted octanol–water partition coefficient (Wildman–Crippen LogP) is 6.01. The molecule has 9 nitrogen and oxygen atoms in total. The molecule has 0 radical (unpaired) electrons. The van der Waals surface area contributed by atoms with Crippen LogP contribution in [0.2, 0.25) is 0 Å². The van der Waals surface area contributed by atoms with Crippen LogP contribution in [0.25, 0.3) is 0 Å². The number of hydrogen-bond acceptors (Lipinski definition) is 9. The number of esters is 1. The van der Waals surface area contributed by atoms with Gasteiger partial charge in [0.2, 0.25) is 5.88 Å². The van der Waals surface area contributed by atoms with Gasteiger partial charge in [-0.2, -0.15) is 5.26 Å². The first kappa shape index (κ1) is 29.8. The zero-order chi connectivity index (χ0) is 31.1. The first-order chi connectivity index (χ1) is 21.4. The molecule has 0 saturated carbocycles. The van der Waals surface area contributed by atoms with Gasteiger partial charge in [-0.25, -0.2) is 9.18 Å². The van der Waals surface area contributed by atoms with Crippen LogP contribution in [0.3, 0.4) is 0 Å². The molecular formula is C34H29FN2O7. The van der Waals surface area contributed by atoms with Crippen molar-refractivity contribution >= 4 is 5.97 Å². The Kier molecular flexibility index (Phi) is 9.16. The third kappa shape index (κ3) is 6.68. The summed E-state index contributed by atoms with van der Waals surface area (Å²) in [5.74, 6) is 0.775.